The summed E-state index contributed by atoms with van der Waals surface area (Å²) in [6.45, 7) is 6.16. The number of thiazole rings is 1. The summed E-state index contributed by atoms with van der Waals surface area (Å²) < 4.78 is 27.3. The van der Waals surface area contributed by atoms with Crippen LogP contribution in [0.15, 0.2) is 47.8 Å². The van der Waals surface area contributed by atoms with Gasteiger partial charge in [0.25, 0.3) is 0 Å². The van der Waals surface area contributed by atoms with Crippen LogP contribution in [-0.2, 0) is 11.2 Å². The quantitative estimate of drug-likeness (QED) is 0.549. The maximum absolute atomic E-state index is 13.9. The number of aromatic nitrogens is 1. The first-order chi connectivity index (χ1) is 13.3. The predicted molar refractivity (Wildman–Crippen MR) is 109 cm³/mol. The van der Waals surface area contributed by atoms with Crippen molar-refractivity contribution in [3.63, 3.8) is 0 Å². The van der Waals surface area contributed by atoms with Crippen molar-refractivity contribution in [2.75, 3.05) is 5.32 Å². The van der Waals surface area contributed by atoms with Crippen LogP contribution in [0, 0.1) is 17.6 Å². The molecule has 28 heavy (non-hydrogen) atoms. The fourth-order valence-electron chi connectivity index (χ4n) is 2.93. The van der Waals surface area contributed by atoms with Crippen LogP contribution < -0.4 is 5.32 Å². The molecule has 1 N–H and O–H groups in total. The second-order valence-corrected chi connectivity index (χ2v) is 8.07. The second-order valence-electron chi connectivity index (χ2n) is 7.21. The van der Waals surface area contributed by atoms with E-state index in [1.165, 1.54) is 16.9 Å². The number of carbonyl (C=O) groups is 1. The van der Waals surface area contributed by atoms with E-state index in [4.69, 9.17) is 0 Å². The van der Waals surface area contributed by atoms with Crippen molar-refractivity contribution in [3.8, 4) is 11.3 Å². The molecule has 3 aromatic rings. The average Bonchev–Trinajstić information content (AvgIpc) is 3.11. The highest BCUT2D eigenvalue weighted by Gasteiger charge is 2.18. The summed E-state index contributed by atoms with van der Waals surface area (Å²) in [5, 5.41) is 4.71. The Hall–Kier alpha value is -2.60. The van der Waals surface area contributed by atoms with Crippen LogP contribution in [-0.4, -0.2) is 10.9 Å². The van der Waals surface area contributed by atoms with Gasteiger partial charge in [-0.15, -0.1) is 11.3 Å². The first-order valence-corrected chi connectivity index (χ1v) is 10.0. The van der Waals surface area contributed by atoms with Gasteiger partial charge in [0.15, 0.2) is 5.13 Å². The summed E-state index contributed by atoms with van der Waals surface area (Å²) in [6.07, 6.45) is 0.999. The molecule has 1 heterocycles. The Kier molecular flexibility index (Phi) is 6.19. The van der Waals surface area contributed by atoms with Gasteiger partial charge in [-0.25, -0.2) is 13.8 Å². The number of carbonyl (C=O) groups excluding carboxylic acids is 1. The summed E-state index contributed by atoms with van der Waals surface area (Å²) in [7, 11) is 0. The largest absolute Gasteiger partial charge is 0.301 e. The van der Waals surface area contributed by atoms with E-state index in [0.717, 1.165) is 30.2 Å². The van der Waals surface area contributed by atoms with E-state index >= 15 is 0 Å². The van der Waals surface area contributed by atoms with Gasteiger partial charge in [0.05, 0.1) is 11.6 Å². The Morgan fingerprint density at radius 1 is 1.11 bits per heavy atom. The number of rotatable bonds is 6. The summed E-state index contributed by atoms with van der Waals surface area (Å²) in [6, 6.07) is 11.3. The molecule has 1 amide bonds. The molecule has 0 saturated heterocycles. The van der Waals surface area contributed by atoms with Gasteiger partial charge in [0.1, 0.15) is 11.6 Å². The highest BCUT2D eigenvalue weighted by Crippen LogP contribution is 2.28. The Morgan fingerprint density at radius 2 is 1.82 bits per heavy atom. The van der Waals surface area contributed by atoms with Gasteiger partial charge in [-0.05, 0) is 48.6 Å². The molecular formula is C22H22F2N2OS. The molecule has 3 nitrogen and oxygen atoms in total. The van der Waals surface area contributed by atoms with Crippen LogP contribution in [0.5, 0.6) is 0 Å². The average molecular weight is 400 g/mol. The standard InChI is InChI=1S/C22H22F2N2OS/c1-13(2)10-15-4-6-16(7-5-15)14(3)21(27)26-22-25-20(12-28-22)18-11-17(23)8-9-19(18)24/h4-9,11-14H,10H2,1-3H3,(H,25,26,27). The molecule has 0 aliphatic heterocycles. The molecular weight excluding hydrogens is 378 g/mol. The van der Waals surface area contributed by atoms with Gasteiger partial charge >= 0.3 is 0 Å². The lowest BCUT2D eigenvalue weighted by Crippen LogP contribution is -2.18. The van der Waals surface area contributed by atoms with Gasteiger partial charge < -0.3 is 5.32 Å². The number of nitrogens with zero attached hydrogens (tertiary/aromatic N) is 1. The van der Waals surface area contributed by atoms with E-state index in [1.807, 2.05) is 31.2 Å². The lowest BCUT2D eigenvalue weighted by atomic mass is 9.96. The molecule has 1 unspecified atom stereocenters. The van der Waals surface area contributed by atoms with Gasteiger partial charge in [-0.1, -0.05) is 38.1 Å². The maximum Gasteiger partial charge on any atom is 0.233 e. The van der Waals surface area contributed by atoms with Gasteiger partial charge in [0, 0.05) is 10.9 Å². The number of hydrogen-bond acceptors (Lipinski definition) is 3. The minimum atomic E-state index is -0.556. The molecule has 0 spiro atoms. The zero-order valence-corrected chi connectivity index (χ0v) is 16.8. The minimum absolute atomic E-state index is 0.0746. The van der Waals surface area contributed by atoms with Crippen molar-refractivity contribution >= 4 is 22.4 Å². The molecule has 0 saturated carbocycles. The third-order valence-corrected chi connectivity index (χ3v) is 5.21. The zero-order valence-electron chi connectivity index (χ0n) is 16.0. The lowest BCUT2D eigenvalue weighted by Gasteiger charge is -2.12. The molecule has 6 heteroatoms. The van der Waals surface area contributed by atoms with Crippen LogP contribution >= 0.6 is 11.3 Å². The van der Waals surface area contributed by atoms with Gasteiger partial charge in [0.2, 0.25) is 5.91 Å². The molecule has 3 rings (SSSR count). The number of amides is 1. The first-order valence-electron chi connectivity index (χ1n) is 9.14. The first kappa shape index (κ1) is 20.1. The molecule has 0 radical (unpaired) electrons. The molecule has 0 fully saturated rings. The Morgan fingerprint density at radius 3 is 2.50 bits per heavy atom. The van der Waals surface area contributed by atoms with Crippen molar-refractivity contribution in [1.29, 1.82) is 0 Å². The van der Waals surface area contributed by atoms with E-state index in [1.54, 1.807) is 5.38 Å². The Labute approximate surface area is 167 Å². The Balaban J connectivity index is 1.69. The molecule has 2 aromatic carbocycles. The molecule has 146 valence electrons. The van der Waals surface area contributed by atoms with E-state index in [-0.39, 0.29) is 17.4 Å². The van der Waals surface area contributed by atoms with Crippen molar-refractivity contribution in [3.05, 3.63) is 70.6 Å². The number of benzene rings is 2. The van der Waals surface area contributed by atoms with Crippen LogP contribution in [0.1, 0.15) is 37.8 Å². The SMILES string of the molecule is CC(C)Cc1ccc(C(C)C(=O)Nc2nc(-c3cc(F)ccc3F)cs2)cc1. The third-order valence-electron chi connectivity index (χ3n) is 4.46. The van der Waals surface area contributed by atoms with E-state index in [9.17, 15) is 13.6 Å². The minimum Gasteiger partial charge on any atom is -0.301 e. The number of hydrogen-bond donors (Lipinski definition) is 1. The van der Waals surface area contributed by atoms with Crippen molar-refractivity contribution in [2.24, 2.45) is 5.92 Å². The van der Waals surface area contributed by atoms with Gasteiger partial charge in [-0.3, -0.25) is 4.79 Å². The number of halogens is 2. The lowest BCUT2D eigenvalue weighted by molar-refractivity contribution is -0.117. The van der Waals surface area contributed by atoms with E-state index in [0.29, 0.717) is 16.7 Å². The van der Waals surface area contributed by atoms with Crippen LogP contribution in [0.2, 0.25) is 0 Å². The fraction of sp³-hybridized carbons (Fsp3) is 0.273. The highest BCUT2D eigenvalue weighted by molar-refractivity contribution is 7.14. The predicted octanol–water partition coefficient (Wildman–Crippen LogP) is 6.03. The normalized spacial score (nSPS) is 12.2. The summed E-state index contributed by atoms with van der Waals surface area (Å²) >= 11 is 1.18. The Bertz CT molecular complexity index is 967. The monoisotopic (exact) mass is 400 g/mol. The van der Waals surface area contributed by atoms with Gasteiger partial charge in [-0.2, -0.15) is 0 Å². The molecule has 0 aliphatic rings. The van der Waals surface area contributed by atoms with E-state index < -0.39 is 11.6 Å². The van der Waals surface area contributed by atoms with E-state index in [2.05, 4.69) is 24.1 Å². The number of anilines is 1. The summed E-state index contributed by atoms with van der Waals surface area (Å²) in [4.78, 5) is 16.8. The van der Waals surface area contributed by atoms with Crippen LogP contribution in [0.25, 0.3) is 11.3 Å². The number of nitrogens with one attached hydrogen (secondary N) is 1. The smallest absolute Gasteiger partial charge is 0.233 e. The molecule has 1 aromatic heterocycles. The highest BCUT2D eigenvalue weighted by atomic mass is 32.1. The molecule has 0 bridgehead atoms. The second kappa shape index (κ2) is 8.61. The van der Waals surface area contributed by atoms with Crippen molar-refractivity contribution in [2.45, 2.75) is 33.1 Å². The van der Waals surface area contributed by atoms with Crippen molar-refractivity contribution < 1.29 is 13.6 Å². The summed E-state index contributed by atoms with van der Waals surface area (Å²) in [5.74, 6) is -1.07. The third kappa shape index (κ3) is 4.81. The van der Waals surface area contributed by atoms with Crippen molar-refractivity contribution in [1.82, 2.24) is 4.98 Å². The summed E-state index contributed by atoms with van der Waals surface area (Å²) in [5.41, 5.74) is 2.53. The fourth-order valence-corrected chi connectivity index (χ4v) is 3.64. The van der Waals surface area contributed by atoms with Crippen LogP contribution in [0.3, 0.4) is 0 Å². The zero-order chi connectivity index (χ0) is 20.3. The maximum atomic E-state index is 13.9. The molecule has 0 aliphatic carbocycles. The van der Waals surface area contributed by atoms with Crippen LogP contribution in [0.4, 0.5) is 13.9 Å². The molecule has 1 atom stereocenters. The topological polar surface area (TPSA) is 42.0 Å².